The first-order valence-electron chi connectivity index (χ1n) is 4.81. The molecular weight excluding hydrogens is 225 g/mol. The van der Waals surface area contributed by atoms with Crippen LogP contribution in [0.4, 0.5) is 5.69 Å². The molecule has 1 rings (SSSR count). The fourth-order valence-corrected chi connectivity index (χ4v) is 1.30. The zero-order chi connectivity index (χ0) is 13.0. The molecule has 0 bridgehead atoms. The summed E-state index contributed by atoms with van der Waals surface area (Å²) in [5.41, 5.74) is 0.460. The van der Waals surface area contributed by atoms with Gasteiger partial charge >= 0.3 is 13.1 Å². The minimum absolute atomic E-state index is 0.0632. The van der Waals surface area contributed by atoms with E-state index >= 15 is 0 Å². The fourth-order valence-electron chi connectivity index (χ4n) is 1.30. The highest BCUT2D eigenvalue weighted by atomic mass is 16.5. The molecule has 17 heavy (non-hydrogen) atoms. The SMILES string of the molecule is COC(=O)c1cc(B(O)O)ccc1NC(C)=O. The van der Waals surface area contributed by atoms with Gasteiger partial charge in [-0.3, -0.25) is 4.79 Å². The largest absolute Gasteiger partial charge is 0.488 e. The van der Waals surface area contributed by atoms with Crippen LogP contribution in [-0.4, -0.2) is 36.2 Å². The number of rotatable bonds is 3. The summed E-state index contributed by atoms with van der Waals surface area (Å²) in [7, 11) is -0.494. The van der Waals surface area contributed by atoms with E-state index in [1.165, 1.54) is 32.2 Å². The van der Waals surface area contributed by atoms with Gasteiger partial charge < -0.3 is 20.1 Å². The third kappa shape index (κ3) is 3.30. The number of ether oxygens (including phenoxy) is 1. The van der Waals surface area contributed by atoms with Crippen molar-refractivity contribution < 1.29 is 24.4 Å². The second-order valence-corrected chi connectivity index (χ2v) is 3.35. The minimum atomic E-state index is -1.69. The summed E-state index contributed by atoms with van der Waals surface area (Å²) in [6.07, 6.45) is 0. The normalized spacial score (nSPS) is 9.65. The molecule has 0 aliphatic heterocycles. The second kappa shape index (κ2) is 5.47. The molecule has 0 aliphatic rings. The summed E-state index contributed by atoms with van der Waals surface area (Å²) < 4.78 is 4.54. The van der Waals surface area contributed by atoms with E-state index < -0.39 is 13.1 Å². The molecule has 0 aliphatic carbocycles. The third-order valence-electron chi connectivity index (χ3n) is 2.06. The number of carbonyl (C=O) groups excluding carboxylic acids is 2. The summed E-state index contributed by atoms with van der Waals surface area (Å²) in [6.45, 7) is 1.30. The molecule has 0 aromatic heterocycles. The van der Waals surface area contributed by atoms with E-state index in [-0.39, 0.29) is 22.6 Å². The van der Waals surface area contributed by atoms with Crippen LogP contribution in [0.2, 0.25) is 0 Å². The smallest absolute Gasteiger partial charge is 0.465 e. The maximum atomic E-state index is 11.5. The molecular formula is C10H12BNO5. The summed E-state index contributed by atoms with van der Waals surface area (Å²) in [4.78, 5) is 22.4. The number of esters is 1. The lowest BCUT2D eigenvalue weighted by atomic mass is 9.79. The first kappa shape index (κ1) is 13.2. The first-order chi connectivity index (χ1) is 7.95. The Morgan fingerprint density at radius 2 is 2.00 bits per heavy atom. The maximum Gasteiger partial charge on any atom is 0.488 e. The molecule has 3 N–H and O–H groups in total. The monoisotopic (exact) mass is 237 g/mol. The van der Waals surface area contributed by atoms with Crippen LogP contribution in [0.25, 0.3) is 0 Å². The van der Waals surface area contributed by atoms with E-state index in [0.29, 0.717) is 0 Å². The van der Waals surface area contributed by atoms with Gasteiger partial charge in [0.05, 0.1) is 18.4 Å². The van der Waals surface area contributed by atoms with Crippen LogP contribution >= 0.6 is 0 Å². The lowest BCUT2D eigenvalue weighted by molar-refractivity contribution is -0.114. The van der Waals surface area contributed by atoms with Crippen molar-refractivity contribution in [3.05, 3.63) is 23.8 Å². The summed E-state index contributed by atoms with van der Waals surface area (Å²) in [5, 5.41) is 20.4. The van der Waals surface area contributed by atoms with Gasteiger partial charge in [0.2, 0.25) is 5.91 Å². The molecule has 0 saturated heterocycles. The van der Waals surface area contributed by atoms with Crippen LogP contribution in [-0.2, 0) is 9.53 Å². The molecule has 7 heteroatoms. The minimum Gasteiger partial charge on any atom is -0.465 e. The number of nitrogens with one attached hydrogen (secondary N) is 1. The summed E-state index contributed by atoms with van der Waals surface area (Å²) in [5.74, 6) is -1.01. The molecule has 0 saturated carbocycles. The predicted molar refractivity (Wildman–Crippen MR) is 61.9 cm³/mol. The van der Waals surface area contributed by atoms with Crippen molar-refractivity contribution in [1.29, 1.82) is 0 Å². The van der Waals surface area contributed by atoms with Crippen molar-refractivity contribution >= 4 is 30.1 Å². The molecule has 1 aromatic rings. The molecule has 90 valence electrons. The Morgan fingerprint density at radius 1 is 1.35 bits per heavy atom. The van der Waals surface area contributed by atoms with Crippen molar-refractivity contribution in [3.63, 3.8) is 0 Å². The summed E-state index contributed by atoms with van der Waals surface area (Å²) in [6, 6.07) is 4.05. The van der Waals surface area contributed by atoms with Crippen molar-refractivity contribution in [2.75, 3.05) is 12.4 Å². The van der Waals surface area contributed by atoms with Crippen molar-refractivity contribution in [3.8, 4) is 0 Å². The predicted octanol–water partition coefficient (Wildman–Crippen LogP) is -0.889. The number of methoxy groups -OCH3 is 1. The topological polar surface area (TPSA) is 95.9 Å². The zero-order valence-electron chi connectivity index (χ0n) is 9.43. The molecule has 0 heterocycles. The van der Waals surface area contributed by atoms with Gasteiger partial charge in [-0.15, -0.1) is 0 Å². The molecule has 0 spiro atoms. The fraction of sp³-hybridized carbons (Fsp3) is 0.200. The Hall–Kier alpha value is -1.86. The lowest BCUT2D eigenvalue weighted by Gasteiger charge is -2.10. The van der Waals surface area contributed by atoms with E-state index in [9.17, 15) is 9.59 Å². The Labute approximate surface area is 98.4 Å². The van der Waals surface area contributed by atoms with Crippen molar-refractivity contribution in [2.45, 2.75) is 6.92 Å². The quantitative estimate of drug-likeness (QED) is 0.468. The third-order valence-corrected chi connectivity index (χ3v) is 2.06. The maximum absolute atomic E-state index is 11.5. The van der Waals surface area contributed by atoms with Gasteiger partial charge in [-0.05, 0) is 17.6 Å². The first-order valence-corrected chi connectivity index (χ1v) is 4.81. The molecule has 1 aromatic carbocycles. The van der Waals surface area contributed by atoms with Crippen LogP contribution in [0.5, 0.6) is 0 Å². The van der Waals surface area contributed by atoms with Gasteiger partial charge in [0.25, 0.3) is 0 Å². The molecule has 6 nitrogen and oxygen atoms in total. The van der Waals surface area contributed by atoms with Crippen molar-refractivity contribution in [2.24, 2.45) is 0 Å². The number of hydrogen-bond acceptors (Lipinski definition) is 5. The van der Waals surface area contributed by atoms with Crippen LogP contribution < -0.4 is 10.8 Å². The molecule has 0 fully saturated rings. The van der Waals surface area contributed by atoms with Gasteiger partial charge in [-0.2, -0.15) is 0 Å². The van der Waals surface area contributed by atoms with E-state index in [1.54, 1.807) is 0 Å². The van der Waals surface area contributed by atoms with Gasteiger partial charge in [0.15, 0.2) is 0 Å². The highest BCUT2D eigenvalue weighted by Crippen LogP contribution is 2.15. The van der Waals surface area contributed by atoms with E-state index in [0.717, 1.165) is 0 Å². The Kier molecular flexibility index (Phi) is 4.25. The molecule has 0 atom stereocenters. The molecule has 0 unspecified atom stereocenters. The number of carbonyl (C=O) groups is 2. The number of amides is 1. The number of anilines is 1. The highest BCUT2D eigenvalue weighted by molar-refractivity contribution is 6.58. The lowest BCUT2D eigenvalue weighted by Crippen LogP contribution is -2.31. The highest BCUT2D eigenvalue weighted by Gasteiger charge is 2.18. The zero-order valence-corrected chi connectivity index (χ0v) is 9.43. The number of hydrogen-bond donors (Lipinski definition) is 3. The van der Waals surface area contributed by atoms with Crippen LogP contribution in [0, 0.1) is 0 Å². The van der Waals surface area contributed by atoms with Crippen molar-refractivity contribution in [1.82, 2.24) is 0 Å². The van der Waals surface area contributed by atoms with Crippen LogP contribution in [0.3, 0.4) is 0 Å². The van der Waals surface area contributed by atoms with E-state index in [1.807, 2.05) is 0 Å². The van der Waals surface area contributed by atoms with E-state index in [4.69, 9.17) is 10.0 Å². The number of benzene rings is 1. The van der Waals surface area contributed by atoms with Gasteiger partial charge in [-0.25, -0.2) is 4.79 Å². The average Bonchev–Trinajstić information content (AvgIpc) is 2.27. The molecule has 1 amide bonds. The van der Waals surface area contributed by atoms with E-state index in [2.05, 4.69) is 10.1 Å². The Bertz CT molecular complexity index is 446. The second-order valence-electron chi connectivity index (χ2n) is 3.35. The van der Waals surface area contributed by atoms with Crippen LogP contribution in [0.15, 0.2) is 18.2 Å². The van der Waals surface area contributed by atoms with Gasteiger partial charge in [0.1, 0.15) is 0 Å². The van der Waals surface area contributed by atoms with Gasteiger partial charge in [0, 0.05) is 6.92 Å². The molecule has 0 radical (unpaired) electrons. The summed E-state index contributed by atoms with van der Waals surface area (Å²) >= 11 is 0. The Morgan fingerprint density at radius 3 is 2.47 bits per heavy atom. The van der Waals surface area contributed by atoms with Crippen LogP contribution in [0.1, 0.15) is 17.3 Å². The average molecular weight is 237 g/mol. The van der Waals surface area contributed by atoms with Gasteiger partial charge in [-0.1, -0.05) is 6.07 Å². The standard InChI is InChI=1S/C10H12BNO5/c1-6(13)12-9-4-3-7(11(15)16)5-8(9)10(14)17-2/h3-5,15-16H,1-2H3,(H,12,13). The Balaban J connectivity index is 3.21.